The molecule has 0 spiro atoms. The van der Waals surface area contributed by atoms with Crippen molar-refractivity contribution in [3.05, 3.63) is 23.8 Å². The molecule has 14 heavy (non-hydrogen) atoms. The highest BCUT2D eigenvalue weighted by atomic mass is 16.4. The van der Waals surface area contributed by atoms with Crippen molar-refractivity contribution >= 4 is 5.97 Å². The van der Waals surface area contributed by atoms with Crippen LogP contribution in [0.2, 0.25) is 0 Å². The first kappa shape index (κ1) is 11.0. The van der Waals surface area contributed by atoms with Gasteiger partial charge in [-0.15, -0.1) is 0 Å². The van der Waals surface area contributed by atoms with Gasteiger partial charge >= 0.3 is 5.97 Å². The molecule has 0 radical (unpaired) electrons. The highest BCUT2D eigenvalue weighted by Crippen LogP contribution is 2.34. The van der Waals surface area contributed by atoms with Gasteiger partial charge in [-0.2, -0.15) is 0 Å². The van der Waals surface area contributed by atoms with Crippen molar-refractivity contribution in [2.45, 2.75) is 32.2 Å². The lowest BCUT2D eigenvalue weighted by molar-refractivity contribution is -0.142. The molecule has 2 unspecified atom stereocenters. The van der Waals surface area contributed by atoms with Crippen LogP contribution in [0.4, 0.5) is 0 Å². The zero-order chi connectivity index (χ0) is 10.9. The van der Waals surface area contributed by atoms with Crippen LogP contribution in [0.25, 0.3) is 0 Å². The third-order valence-corrected chi connectivity index (χ3v) is 3.06. The molecule has 3 N–H and O–H groups in total. The average molecular weight is 195 g/mol. The molecule has 0 amide bonds. The van der Waals surface area contributed by atoms with Gasteiger partial charge in [-0.3, -0.25) is 0 Å². The Labute approximate surface area is 84.3 Å². The monoisotopic (exact) mass is 195 g/mol. The molecule has 0 saturated carbocycles. The summed E-state index contributed by atoms with van der Waals surface area (Å²) in [6.45, 7) is 7.55. The molecule has 3 nitrogen and oxygen atoms in total. The predicted molar refractivity (Wildman–Crippen MR) is 55.8 cm³/mol. The van der Waals surface area contributed by atoms with E-state index in [1.54, 1.807) is 6.92 Å². The molecular weight excluding hydrogens is 178 g/mol. The van der Waals surface area contributed by atoms with E-state index in [4.69, 9.17) is 10.8 Å². The van der Waals surface area contributed by atoms with Crippen LogP contribution in [0, 0.1) is 5.92 Å². The van der Waals surface area contributed by atoms with Crippen LogP contribution in [0.3, 0.4) is 0 Å². The molecule has 1 aliphatic rings. The first-order valence-corrected chi connectivity index (χ1v) is 4.73. The quantitative estimate of drug-likeness (QED) is 0.659. The van der Waals surface area contributed by atoms with Crippen molar-refractivity contribution < 1.29 is 9.90 Å². The van der Waals surface area contributed by atoms with Gasteiger partial charge in [0, 0.05) is 0 Å². The van der Waals surface area contributed by atoms with E-state index in [1.165, 1.54) is 0 Å². The van der Waals surface area contributed by atoms with Gasteiger partial charge in [-0.1, -0.05) is 18.2 Å². The number of rotatable bonds is 2. The minimum absolute atomic E-state index is 0.194. The van der Waals surface area contributed by atoms with Gasteiger partial charge in [0.2, 0.25) is 0 Å². The van der Waals surface area contributed by atoms with Gasteiger partial charge < -0.3 is 10.8 Å². The maximum Gasteiger partial charge on any atom is 0.328 e. The molecule has 0 aromatic rings. The van der Waals surface area contributed by atoms with Crippen LogP contribution in [0.5, 0.6) is 0 Å². The van der Waals surface area contributed by atoms with E-state index in [0.29, 0.717) is 6.42 Å². The summed E-state index contributed by atoms with van der Waals surface area (Å²) in [6, 6.07) is 0. The summed E-state index contributed by atoms with van der Waals surface area (Å²) in [7, 11) is 0. The Morgan fingerprint density at radius 3 is 2.79 bits per heavy atom. The van der Waals surface area contributed by atoms with Crippen LogP contribution >= 0.6 is 0 Å². The number of aliphatic carboxylic acids is 1. The van der Waals surface area contributed by atoms with Crippen molar-refractivity contribution in [3.63, 3.8) is 0 Å². The number of carbonyl (C=O) groups is 1. The Morgan fingerprint density at radius 2 is 2.36 bits per heavy atom. The smallest absolute Gasteiger partial charge is 0.328 e. The summed E-state index contributed by atoms with van der Waals surface area (Å²) >= 11 is 0. The van der Waals surface area contributed by atoms with Crippen LogP contribution in [-0.2, 0) is 4.79 Å². The predicted octanol–water partition coefficient (Wildman–Crippen LogP) is 1.70. The summed E-state index contributed by atoms with van der Waals surface area (Å²) in [4.78, 5) is 11.1. The van der Waals surface area contributed by atoms with Crippen LogP contribution < -0.4 is 5.73 Å². The fraction of sp³-hybridized carbons (Fsp3) is 0.545. The van der Waals surface area contributed by atoms with Gasteiger partial charge in [0.1, 0.15) is 5.54 Å². The molecule has 0 heterocycles. The Hall–Kier alpha value is -1.09. The zero-order valence-electron chi connectivity index (χ0n) is 8.71. The Balaban J connectivity index is 2.98. The van der Waals surface area contributed by atoms with Crippen molar-refractivity contribution in [2.24, 2.45) is 11.7 Å². The Bertz CT molecular complexity index is 306. The number of allylic oxidation sites excluding steroid dienone is 2. The van der Waals surface area contributed by atoms with Crippen LogP contribution in [0.15, 0.2) is 23.8 Å². The first-order chi connectivity index (χ1) is 6.38. The number of hydrogen-bond donors (Lipinski definition) is 2. The lowest BCUT2D eigenvalue weighted by Gasteiger charge is -2.34. The van der Waals surface area contributed by atoms with Gasteiger partial charge in [0.15, 0.2) is 0 Å². The Kier molecular flexibility index (Phi) is 2.81. The summed E-state index contributed by atoms with van der Waals surface area (Å²) < 4.78 is 0. The maximum atomic E-state index is 11.1. The van der Waals surface area contributed by atoms with Crippen molar-refractivity contribution in [1.29, 1.82) is 0 Å². The fourth-order valence-corrected chi connectivity index (χ4v) is 1.77. The second-order valence-corrected chi connectivity index (χ2v) is 4.15. The average Bonchev–Trinajstić information content (AvgIpc) is 2.09. The minimum Gasteiger partial charge on any atom is -0.480 e. The van der Waals surface area contributed by atoms with Gasteiger partial charge in [0.05, 0.1) is 0 Å². The number of nitrogens with two attached hydrogens (primary N) is 1. The van der Waals surface area contributed by atoms with E-state index in [1.807, 2.05) is 13.0 Å². The molecule has 0 bridgehead atoms. The van der Waals surface area contributed by atoms with Gasteiger partial charge in [-0.25, -0.2) is 4.79 Å². The molecule has 0 fully saturated rings. The molecular formula is C11H17NO2. The lowest BCUT2D eigenvalue weighted by atomic mass is 9.74. The van der Waals surface area contributed by atoms with E-state index in [0.717, 1.165) is 17.6 Å². The second-order valence-electron chi connectivity index (χ2n) is 4.15. The molecule has 0 saturated heterocycles. The Morgan fingerprint density at radius 1 is 1.79 bits per heavy atom. The third-order valence-electron chi connectivity index (χ3n) is 3.06. The zero-order valence-corrected chi connectivity index (χ0v) is 8.71. The van der Waals surface area contributed by atoms with Crippen molar-refractivity contribution in [2.75, 3.05) is 0 Å². The largest absolute Gasteiger partial charge is 0.480 e. The van der Waals surface area contributed by atoms with Crippen molar-refractivity contribution in [3.8, 4) is 0 Å². The molecule has 1 rings (SSSR count). The molecule has 78 valence electrons. The van der Waals surface area contributed by atoms with Gasteiger partial charge in [0.25, 0.3) is 0 Å². The maximum absolute atomic E-state index is 11.1. The summed E-state index contributed by atoms with van der Waals surface area (Å²) in [6.07, 6.45) is 3.23. The number of carboxylic acids is 1. The fourth-order valence-electron chi connectivity index (χ4n) is 1.77. The normalized spacial score (nSPS) is 32.2. The highest BCUT2D eigenvalue weighted by Gasteiger charge is 2.40. The van der Waals surface area contributed by atoms with E-state index in [9.17, 15) is 4.79 Å². The minimum atomic E-state index is -1.19. The number of carboxylic acid groups (broad SMARTS) is 1. The molecule has 3 heteroatoms. The topological polar surface area (TPSA) is 63.3 Å². The van der Waals surface area contributed by atoms with Gasteiger partial charge in [-0.05, 0) is 38.2 Å². The lowest BCUT2D eigenvalue weighted by Crippen LogP contribution is -2.52. The van der Waals surface area contributed by atoms with E-state index < -0.39 is 11.5 Å². The van der Waals surface area contributed by atoms with E-state index >= 15 is 0 Å². The standard InChI is InChI=1S/C11H17NO2/c1-7(2)9-5-4-8(3)11(12,6-9)10(13)14/h4,9H,1,5-6,12H2,2-3H3,(H,13,14). The van der Waals surface area contributed by atoms with E-state index in [2.05, 4.69) is 6.58 Å². The van der Waals surface area contributed by atoms with Crippen LogP contribution in [-0.4, -0.2) is 16.6 Å². The highest BCUT2D eigenvalue weighted by molar-refractivity contribution is 5.83. The van der Waals surface area contributed by atoms with E-state index in [-0.39, 0.29) is 5.92 Å². The first-order valence-electron chi connectivity index (χ1n) is 4.73. The molecule has 0 aliphatic heterocycles. The molecule has 0 aromatic heterocycles. The van der Waals surface area contributed by atoms with Crippen LogP contribution in [0.1, 0.15) is 26.7 Å². The second kappa shape index (κ2) is 3.58. The SMILES string of the molecule is C=C(C)C1CC=C(C)C(N)(C(=O)O)C1. The summed E-state index contributed by atoms with van der Waals surface area (Å²) in [5.74, 6) is -0.753. The van der Waals surface area contributed by atoms with Crippen molar-refractivity contribution in [1.82, 2.24) is 0 Å². The molecule has 2 atom stereocenters. The molecule has 1 aliphatic carbocycles. The number of hydrogen-bond acceptors (Lipinski definition) is 2. The summed E-state index contributed by atoms with van der Waals surface area (Å²) in [5.41, 5.74) is 6.43. The summed E-state index contributed by atoms with van der Waals surface area (Å²) in [5, 5.41) is 9.07. The molecule has 0 aromatic carbocycles. The third kappa shape index (κ3) is 1.73.